The Hall–Kier alpha value is -0.0800. The lowest BCUT2D eigenvalue weighted by Crippen LogP contribution is -2.45. The van der Waals surface area contributed by atoms with Gasteiger partial charge in [-0.1, -0.05) is 26.7 Å². The van der Waals surface area contributed by atoms with Crippen LogP contribution in [0, 0.1) is 11.8 Å². The molecule has 1 aliphatic heterocycles. The number of likely N-dealkylation sites (N-methyl/N-ethyl adjacent to an activating group) is 1. The molecule has 2 rings (SSSR count). The van der Waals surface area contributed by atoms with Gasteiger partial charge in [-0.15, -0.1) is 0 Å². The molecule has 0 spiro atoms. The van der Waals surface area contributed by atoms with Gasteiger partial charge in [0.25, 0.3) is 0 Å². The Labute approximate surface area is 107 Å². The highest BCUT2D eigenvalue weighted by Crippen LogP contribution is 2.33. The summed E-state index contributed by atoms with van der Waals surface area (Å²) in [6.45, 7) is 9.69. The van der Waals surface area contributed by atoms with Crippen LogP contribution >= 0.6 is 0 Å². The summed E-state index contributed by atoms with van der Waals surface area (Å²) in [5, 5.41) is 3.69. The van der Waals surface area contributed by atoms with E-state index in [1.807, 2.05) is 0 Å². The van der Waals surface area contributed by atoms with Gasteiger partial charge in [0.15, 0.2) is 0 Å². The van der Waals surface area contributed by atoms with Crippen LogP contribution in [0.5, 0.6) is 0 Å². The van der Waals surface area contributed by atoms with Crippen molar-refractivity contribution in [3.8, 4) is 0 Å². The molecule has 1 atom stereocenters. The van der Waals surface area contributed by atoms with Crippen molar-refractivity contribution in [2.45, 2.75) is 58.4 Å². The lowest BCUT2D eigenvalue weighted by Gasteiger charge is -2.34. The van der Waals surface area contributed by atoms with Crippen LogP contribution in [0.2, 0.25) is 0 Å². The van der Waals surface area contributed by atoms with Crippen molar-refractivity contribution < 1.29 is 0 Å². The first-order chi connectivity index (χ1) is 8.33. The molecule has 0 aromatic carbocycles. The van der Waals surface area contributed by atoms with E-state index in [1.54, 1.807) is 0 Å². The Morgan fingerprint density at radius 2 is 1.82 bits per heavy atom. The largest absolute Gasteiger partial charge is 0.313 e. The molecule has 0 amide bonds. The minimum atomic E-state index is 0.780. The third-order valence-electron chi connectivity index (χ3n) is 4.52. The van der Waals surface area contributed by atoms with Gasteiger partial charge >= 0.3 is 0 Å². The van der Waals surface area contributed by atoms with Crippen LogP contribution in [0.15, 0.2) is 0 Å². The number of hydrogen-bond donors (Lipinski definition) is 1. The van der Waals surface area contributed by atoms with Crippen molar-refractivity contribution in [2.75, 3.05) is 26.2 Å². The molecule has 0 aromatic rings. The second-order valence-electron chi connectivity index (χ2n) is 6.03. The summed E-state index contributed by atoms with van der Waals surface area (Å²) in [7, 11) is 0. The van der Waals surface area contributed by atoms with Gasteiger partial charge < -0.3 is 10.2 Å². The van der Waals surface area contributed by atoms with Crippen molar-refractivity contribution in [2.24, 2.45) is 11.8 Å². The van der Waals surface area contributed by atoms with Gasteiger partial charge in [-0.3, -0.25) is 0 Å². The SMILES string of the molecule is CCCC1CCN(CC(NCC)C2CC2)CC1. The van der Waals surface area contributed by atoms with Crippen molar-refractivity contribution in [3.63, 3.8) is 0 Å². The van der Waals surface area contributed by atoms with Gasteiger partial charge in [-0.25, -0.2) is 0 Å². The molecule has 2 fully saturated rings. The molecule has 2 heteroatoms. The highest BCUT2D eigenvalue weighted by molar-refractivity contribution is 4.89. The maximum Gasteiger partial charge on any atom is 0.0223 e. The van der Waals surface area contributed by atoms with Gasteiger partial charge in [0.05, 0.1) is 0 Å². The zero-order valence-electron chi connectivity index (χ0n) is 11.8. The summed E-state index contributed by atoms with van der Waals surface area (Å²) >= 11 is 0. The molecule has 0 aromatic heterocycles. The Kier molecular flexibility index (Phi) is 5.30. The van der Waals surface area contributed by atoms with Crippen molar-refractivity contribution in [1.29, 1.82) is 0 Å². The van der Waals surface area contributed by atoms with E-state index in [0.717, 1.165) is 24.4 Å². The first-order valence-electron chi connectivity index (χ1n) is 7.79. The predicted octanol–water partition coefficient (Wildman–Crippen LogP) is 2.89. The number of nitrogens with one attached hydrogen (secondary N) is 1. The maximum atomic E-state index is 3.69. The van der Waals surface area contributed by atoms with Crippen molar-refractivity contribution >= 4 is 0 Å². The Morgan fingerprint density at radius 3 is 2.35 bits per heavy atom. The van der Waals surface area contributed by atoms with Gasteiger partial charge in [-0.2, -0.15) is 0 Å². The maximum absolute atomic E-state index is 3.69. The molecule has 1 N–H and O–H groups in total. The van der Waals surface area contributed by atoms with E-state index in [0.29, 0.717) is 0 Å². The zero-order valence-corrected chi connectivity index (χ0v) is 11.8. The van der Waals surface area contributed by atoms with E-state index in [-0.39, 0.29) is 0 Å². The second-order valence-corrected chi connectivity index (χ2v) is 6.03. The molecule has 1 saturated heterocycles. The quantitative estimate of drug-likeness (QED) is 0.733. The van der Waals surface area contributed by atoms with Gasteiger partial charge in [0.2, 0.25) is 0 Å². The van der Waals surface area contributed by atoms with E-state index in [2.05, 4.69) is 24.1 Å². The van der Waals surface area contributed by atoms with Gasteiger partial charge in [-0.05, 0) is 57.2 Å². The molecular formula is C15H30N2. The highest BCUT2D eigenvalue weighted by Gasteiger charge is 2.32. The van der Waals surface area contributed by atoms with Gasteiger partial charge in [0, 0.05) is 12.6 Å². The number of hydrogen-bond acceptors (Lipinski definition) is 2. The fraction of sp³-hybridized carbons (Fsp3) is 1.00. The minimum absolute atomic E-state index is 0.780. The molecular weight excluding hydrogens is 208 g/mol. The fourth-order valence-electron chi connectivity index (χ4n) is 3.29. The monoisotopic (exact) mass is 238 g/mol. The lowest BCUT2D eigenvalue weighted by molar-refractivity contribution is 0.158. The average Bonchev–Trinajstić information content (AvgIpc) is 3.15. The third kappa shape index (κ3) is 4.26. The van der Waals surface area contributed by atoms with E-state index >= 15 is 0 Å². The van der Waals surface area contributed by atoms with Crippen LogP contribution < -0.4 is 5.32 Å². The van der Waals surface area contributed by atoms with Crippen LogP contribution in [-0.4, -0.2) is 37.1 Å². The lowest BCUT2D eigenvalue weighted by atomic mass is 9.92. The van der Waals surface area contributed by atoms with Gasteiger partial charge in [0.1, 0.15) is 0 Å². The van der Waals surface area contributed by atoms with E-state index in [1.165, 1.54) is 58.2 Å². The first-order valence-corrected chi connectivity index (χ1v) is 7.79. The molecule has 1 unspecified atom stereocenters. The first kappa shape index (κ1) is 13.4. The fourth-order valence-corrected chi connectivity index (χ4v) is 3.29. The number of rotatable bonds is 7. The molecule has 17 heavy (non-hydrogen) atoms. The minimum Gasteiger partial charge on any atom is -0.313 e. The smallest absolute Gasteiger partial charge is 0.0223 e. The summed E-state index contributed by atoms with van der Waals surface area (Å²) < 4.78 is 0. The molecule has 1 aliphatic carbocycles. The third-order valence-corrected chi connectivity index (χ3v) is 4.52. The van der Waals surface area contributed by atoms with Crippen LogP contribution in [0.25, 0.3) is 0 Å². The molecule has 0 bridgehead atoms. The van der Waals surface area contributed by atoms with Crippen LogP contribution in [0.4, 0.5) is 0 Å². The average molecular weight is 238 g/mol. The van der Waals surface area contributed by atoms with Crippen molar-refractivity contribution in [3.05, 3.63) is 0 Å². The van der Waals surface area contributed by atoms with Crippen molar-refractivity contribution in [1.82, 2.24) is 10.2 Å². The highest BCUT2D eigenvalue weighted by atomic mass is 15.2. The molecule has 1 saturated carbocycles. The molecule has 2 nitrogen and oxygen atoms in total. The Morgan fingerprint density at radius 1 is 1.12 bits per heavy atom. The Balaban J connectivity index is 1.68. The number of nitrogens with zero attached hydrogens (tertiary/aromatic N) is 1. The summed E-state index contributed by atoms with van der Waals surface area (Å²) in [5.41, 5.74) is 0. The van der Waals surface area contributed by atoms with Crippen LogP contribution in [-0.2, 0) is 0 Å². The Bertz CT molecular complexity index is 205. The standard InChI is InChI=1S/C15H30N2/c1-3-5-13-8-10-17(11-9-13)12-15(16-4-2)14-6-7-14/h13-16H,3-12H2,1-2H3. The summed E-state index contributed by atoms with van der Waals surface area (Å²) in [5.74, 6) is 2.01. The molecule has 100 valence electrons. The molecule has 0 radical (unpaired) electrons. The number of piperidine rings is 1. The normalized spacial score (nSPS) is 25.1. The molecule has 1 heterocycles. The zero-order chi connectivity index (χ0) is 12.1. The van der Waals surface area contributed by atoms with E-state index in [9.17, 15) is 0 Å². The second kappa shape index (κ2) is 6.75. The summed E-state index contributed by atoms with van der Waals surface area (Å²) in [6.07, 6.45) is 8.63. The number of likely N-dealkylation sites (tertiary alicyclic amines) is 1. The van der Waals surface area contributed by atoms with Crippen LogP contribution in [0.1, 0.15) is 52.4 Å². The predicted molar refractivity (Wildman–Crippen MR) is 74.3 cm³/mol. The topological polar surface area (TPSA) is 15.3 Å². The van der Waals surface area contributed by atoms with E-state index < -0.39 is 0 Å². The van der Waals surface area contributed by atoms with Crippen LogP contribution in [0.3, 0.4) is 0 Å². The summed E-state index contributed by atoms with van der Waals surface area (Å²) in [4.78, 5) is 2.71. The summed E-state index contributed by atoms with van der Waals surface area (Å²) in [6, 6.07) is 0.780. The van der Waals surface area contributed by atoms with E-state index in [4.69, 9.17) is 0 Å². The molecule has 2 aliphatic rings.